The maximum atomic E-state index is 13.4. The Hall–Kier alpha value is -3.61. The van der Waals surface area contributed by atoms with Crippen molar-refractivity contribution in [2.75, 3.05) is 0 Å². The Morgan fingerprint density at radius 3 is 2.02 bits per heavy atom. The molecule has 1 heterocycles. The Morgan fingerprint density at radius 2 is 1.50 bits per heavy atom. The molecule has 1 fully saturated rings. The molecule has 0 aliphatic heterocycles. The molecule has 0 spiro atoms. The number of benzene rings is 2. The summed E-state index contributed by atoms with van der Waals surface area (Å²) in [5.74, 6) is -1.01. The van der Waals surface area contributed by atoms with Crippen LogP contribution in [0, 0.1) is 0 Å². The molecule has 3 aromatic rings. The predicted molar refractivity (Wildman–Crippen MR) is 126 cm³/mol. The van der Waals surface area contributed by atoms with Gasteiger partial charge in [-0.15, -0.1) is 0 Å². The molecule has 1 atom stereocenters. The van der Waals surface area contributed by atoms with E-state index in [1.807, 2.05) is 0 Å². The molecule has 2 N–H and O–H groups in total. The van der Waals surface area contributed by atoms with Crippen molar-refractivity contribution in [1.29, 1.82) is 0 Å². The first kappa shape index (κ1) is 29.4. The third-order valence-corrected chi connectivity index (χ3v) is 6.76. The number of aromatic nitrogens is 1. The van der Waals surface area contributed by atoms with Crippen molar-refractivity contribution < 1.29 is 49.7 Å². The fourth-order valence-corrected chi connectivity index (χ4v) is 4.42. The SMILES string of the molecule is O=c1cc(CC(c2ccc(C(O)(C(F)(F)F)C(F)(F)F)cc2)c2ccc(OC(F)F)c(OC3CCC3)c2)cc[nH]1. The van der Waals surface area contributed by atoms with Gasteiger partial charge in [0.15, 0.2) is 11.5 Å². The van der Waals surface area contributed by atoms with Crippen molar-refractivity contribution in [3.05, 3.63) is 93.4 Å². The highest BCUT2D eigenvalue weighted by atomic mass is 19.4. The molecule has 1 aliphatic carbocycles. The van der Waals surface area contributed by atoms with Crippen LogP contribution < -0.4 is 15.0 Å². The summed E-state index contributed by atoms with van der Waals surface area (Å²) >= 11 is 0. The monoisotopic (exact) mass is 577 g/mol. The number of hydrogen-bond donors (Lipinski definition) is 2. The summed E-state index contributed by atoms with van der Waals surface area (Å²) in [5.41, 5.74) is -5.85. The van der Waals surface area contributed by atoms with Crippen molar-refractivity contribution >= 4 is 0 Å². The average molecular weight is 577 g/mol. The van der Waals surface area contributed by atoms with E-state index in [0.29, 0.717) is 36.1 Å². The lowest BCUT2D eigenvalue weighted by atomic mass is 9.84. The van der Waals surface area contributed by atoms with E-state index in [2.05, 4.69) is 9.72 Å². The number of hydrogen-bond acceptors (Lipinski definition) is 4. The molecule has 5 nitrogen and oxygen atoms in total. The molecule has 0 bridgehead atoms. The number of ether oxygens (including phenoxy) is 2. The largest absolute Gasteiger partial charge is 0.487 e. The summed E-state index contributed by atoms with van der Waals surface area (Å²) < 4.78 is 117. The van der Waals surface area contributed by atoms with Crippen LogP contribution in [0.1, 0.15) is 47.4 Å². The van der Waals surface area contributed by atoms with Gasteiger partial charge in [0.25, 0.3) is 5.60 Å². The highest BCUT2D eigenvalue weighted by molar-refractivity contribution is 5.47. The van der Waals surface area contributed by atoms with Gasteiger partial charge in [-0.25, -0.2) is 0 Å². The van der Waals surface area contributed by atoms with Crippen molar-refractivity contribution in [3.8, 4) is 11.5 Å². The van der Waals surface area contributed by atoms with Gasteiger partial charge in [0.2, 0.25) is 5.56 Å². The molecule has 0 saturated heterocycles. The number of halogens is 8. The minimum Gasteiger partial charge on any atom is -0.487 e. The number of pyridine rings is 1. The highest BCUT2D eigenvalue weighted by Gasteiger charge is 2.71. The van der Waals surface area contributed by atoms with E-state index in [1.54, 1.807) is 6.07 Å². The van der Waals surface area contributed by atoms with Gasteiger partial charge < -0.3 is 19.6 Å². The predicted octanol–water partition coefficient (Wildman–Crippen LogP) is 6.59. The fraction of sp³-hybridized carbons (Fsp3) is 0.370. The highest BCUT2D eigenvalue weighted by Crippen LogP contribution is 2.50. The van der Waals surface area contributed by atoms with Gasteiger partial charge in [0.1, 0.15) is 0 Å². The lowest BCUT2D eigenvalue weighted by Gasteiger charge is -2.33. The Bertz CT molecular complexity index is 1350. The molecule has 40 heavy (non-hydrogen) atoms. The van der Waals surface area contributed by atoms with Crippen LogP contribution in [0.5, 0.6) is 11.5 Å². The minimum atomic E-state index is -6.05. The van der Waals surface area contributed by atoms with Gasteiger partial charge in [0.05, 0.1) is 6.10 Å². The fourth-order valence-electron chi connectivity index (χ4n) is 4.42. The normalized spacial score (nSPS) is 15.6. The van der Waals surface area contributed by atoms with Gasteiger partial charge in [-0.1, -0.05) is 30.3 Å². The second-order valence-corrected chi connectivity index (χ2v) is 9.40. The number of nitrogens with one attached hydrogen (secondary N) is 1. The Kier molecular flexibility index (Phi) is 8.16. The Balaban J connectivity index is 1.78. The van der Waals surface area contributed by atoms with Crippen LogP contribution in [0.25, 0.3) is 0 Å². The third-order valence-electron chi connectivity index (χ3n) is 6.76. The first-order valence-corrected chi connectivity index (χ1v) is 12.1. The van der Waals surface area contributed by atoms with Crippen LogP contribution >= 0.6 is 0 Å². The number of rotatable bonds is 9. The van der Waals surface area contributed by atoms with Gasteiger partial charge in [-0.2, -0.15) is 35.1 Å². The first-order chi connectivity index (χ1) is 18.7. The van der Waals surface area contributed by atoms with Crippen LogP contribution in [-0.2, 0) is 12.0 Å². The molecular formula is C27H23F8NO4. The minimum absolute atomic E-state index is 0.00135. The van der Waals surface area contributed by atoms with E-state index < -0.39 is 41.6 Å². The van der Waals surface area contributed by atoms with E-state index in [-0.39, 0.29) is 29.6 Å². The average Bonchev–Trinajstić information content (AvgIpc) is 2.83. The van der Waals surface area contributed by atoms with Gasteiger partial charge in [-0.05, 0) is 60.6 Å². The maximum Gasteiger partial charge on any atom is 0.430 e. The molecule has 0 amide bonds. The molecule has 216 valence electrons. The molecular weight excluding hydrogens is 554 g/mol. The summed E-state index contributed by atoms with van der Waals surface area (Å²) in [6.45, 7) is -3.14. The zero-order valence-corrected chi connectivity index (χ0v) is 20.5. The summed E-state index contributed by atoms with van der Waals surface area (Å²) in [6, 6.07) is 9.98. The summed E-state index contributed by atoms with van der Waals surface area (Å²) in [4.78, 5) is 14.3. The molecule has 4 rings (SSSR count). The standard InChI is InChI=1S/C27H23F8NO4/c28-24(29)40-21-9-6-17(14-22(21)39-19-2-1-3-19)20(12-15-10-11-36-23(37)13-15)16-4-7-18(8-5-16)25(38,26(30,31)32)27(33,34)35/h4-11,13-14,19-20,24,38H,1-3,12H2,(H,36,37). The molecule has 13 heteroatoms. The van der Waals surface area contributed by atoms with Crippen LogP contribution in [0.4, 0.5) is 35.1 Å². The zero-order valence-electron chi connectivity index (χ0n) is 20.5. The van der Waals surface area contributed by atoms with Crippen LogP contribution in [0.15, 0.2) is 65.6 Å². The van der Waals surface area contributed by atoms with Crippen LogP contribution in [0.2, 0.25) is 0 Å². The third kappa shape index (κ3) is 6.08. The molecule has 2 aromatic carbocycles. The molecule has 1 aromatic heterocycles. The lowest BCUT2D eigenvalue weighted by molar-refractivity contribution is -0.376. The Morgan fingerprint density at radius 1 is 0.875 bits per heavy atom. The molecule has 1 saturated carbocycles. The molecule has 1 aliphatic rings. The summed E-state index contributed by atoms with van der Waals surface area (Å²) in [7, 11) is 0. The second kappa shape index (κ2) is 11.1. The van der Waals surface area contributed by atoms with E-state index >= 15 is 0 Å². The van der Waals surface area contributed by atoms with Crippen molar-refractivity contribution in [1.82, 2.24) is 4.98 Å². The van der Waals surface area contributed by atoms with E-state index in [9.17, 15) is 45.0 Å². The van der Waals surface area contributed by atoms with Crippen molar-refractivity contribution in [3.63, 3.8) is 0 Å². The summed E-state index contributed by atoms with van der Waals surface area (Å²) in [6.07, 6.45) is -8.64. The molecule has 1 unspecified atom stereocenters. The van der Waals surface area contributed by atoms with Crippen molar-refractivity contribution in [2.45, 2.75) is 62.3 Å². The number of aliphatic hydroxyl groups is 1. The van der Waals surface area contributed by atoms with Gasteiger partial charge in [0, 0.05) is 23.7 Å². The number of aromatic amines is 1. The molecule has 0 radical (unpaired) electrons. The van der Waals surface area contributed by atoms with Gasteiger partial charge in [-0.3, -0.25) is 4.79 Å². The first-order valence-electron chi connectivity index (χ1n) is 12.1. The smallest absolute Gasteiger partial charge is 0.430 e. The quantitative estimate of drug-likeness (QED) is 0.282. The second-order valence-electron chi connectivity index (χ2n) is 9.40. The van der Waals surface area contributed by atoms with Gasteiger partial charge >= 0.3 is 19.0 Å². The van der Waals surface area contributed by atoms with Crippen LogP contribution in [0.3, 0.4) is 0 Å². The topological polar surface area (TPSA) is 71.6 Å². The Labute approximate surface area is 222 Å². The zero-order chi connectivity index (χ0) is 29.3. The van der Waals surface area contributed by atoms with Crippen LogP contribution in [-0.4, -0.2) is 35.2 Å². The number of H-pyrrole nitrogens is 1. The maximum absolute atomic E-state index is 13.4. The summed E-state index contributed by atoms with van der Waals surface area (Å²) in [5, 5.41) is 9.74. The number of alkyl halides is 8. The van der Waals surface area contributed by atoms with E-state index in [4.69, 9.17) is 4.74 Å². The van der Waals surface area contributed by atoms with E-state index in [0.717, 1.165) is 18.6 Å². The lowest BCUT2D eigenvalue weighted by Crippen LogP contribution is -2.53. The van der Waals surface area contributed by atoms with Crippen molar-refractivity contribution in [2.24, 2.45) is 0 Å². The van der Waals surface area contributed by atoms with E-state index in [1.165, 1.54) is 30.5 Å².